The number of hydrogen-bond donors (Lipinski definition) is 3. The largest absolute Gasteiger partial charge is 0.455 e. The van der Waals surface area contributed by atoms with Gasteiger partial charge in [-0.05, 0) is 98.1 Å². The van der Waals surface area contributed by atoms with E-state index in [9.17, 15) is 13.2 Å². The van der Waals surface area contributed by atoms with E-state index >= 15 is 0 Å². The van der Waals surface area contributed by atoms with Crippen molar-refractivity contribution < 1.29 is 27.4 Å². The predicted molar refractivity (Wildman–Crippen MR) is 159 cm³/mol. The molecule has 0 amide bonds. The van der Waals surface area contributed by atoms with Crippen molar-refractivity contribution in [2.45, 2.75) is 38.0 Å². The Bertz CT molecular complexity index is 1610. The summed E-state index contributed by atoms with van der Waals surface area (Å²) in [5.74, 6) is 2.92. The average Bonchev–Trinajstić information content (AvgIpc) is 2.94. The van der Waals surface area contributed by atoms with Gasteiger partial charge in [0, 0.05) is 35.9 Å². The highest BCUT2D eigenvalue weighted by Gasteiger charge is 2.50. The van der Waals surface area contributed by atoms with E-state index in [1.807, 2.05) is 0 Å². The van der Waals surface area contributed by atoms with Crippen molar-refractivity contribution in [3.63, 3.8) is 0 Å². The molecule has 4 aromatic carbocycles. The fraction of sp³-hybridized carbons (Fsp3) is 0.294. The molecular weight excluding hydrogens is 555 g/mol. The van der Waals surface area contributed by atoms with Crippen LogP contribution in [0, 0.1) is 41.1 Å². The molecule has 4 aromatic rings. The summed E-state index contributed by atoms with van der Waals surface area (Å²) in [5, 5.41) is 0. The molecule has 222 valence electrons. The molecule has 0 aliphatic heterocycles. The van der Waals surface area contributed by atoms with Gasteiger partial charge in [0.2, 0.25) is 0 Å². The molecule has 4 aliphatic carbocycles. The van der Waals surface area contributed by atoms with E-state index < -0.39 is 17.5 Å². The van der Waals surface area contributed by atoms with E-state index in [4.69, 9.17) is 31.4 Å². The first kappa shape index (κ1) is 27.3. The van der Waals surface area contributed by atoms with Crippen molar-refractivity contribution >= 4 is 17.1 Å². The van der Waals surface area contributed by atoms with Gasteiger partial charge >= 0.3 is 0 Å². The fourth-order valence-electron chi connectivity index (χ4n) is 7.73. The number of rotatable bonds is 7. The monoisotopic (exact) mass is 587 g/mol. The minimum atomic E-state index is -0.492. The molecule has 0 unspecified atom stereocenters. The van der Waals surface area contributed by atoms with Crippen molar-refractivity contribution in [1.29, 1.82) is 0 Å². The molecule has 43 heavy (non-hydrogen) atoms. The number of halogens is 3. The smallest absolute Gasteiger partial charge is 0.150 e. The molecule has 0 radical (unpaired) electrons. The molecule has 6 nitrogen and oxygen atoms in total. The van der Waals surface area contributed by atoms with Crippen LogP contribution in [0.15, 0.2) is 66.7 Å². The maximum absolute atomic E-state index is 13.9. The fourth-order valence-corrected chi connectivity index (χ4v) is 7.73. The predicted octanol–water partition coefficient (Wildman–Crippen LogP) is 8.77. The zero-order chi connectivity index (χ0) is 29.8. The summed E-state index contributed by atoms with van der Waals surface area (Å²) in [7, 11) is 0. The van der Waals surface area contributed by atoms with Gasteiger partial charge in [0.05, 0.1) is 17.1 Å². The lowest BCUT2D eigenvalue weighted by Gasteiger charge is -2.54. The second-order valence-corrected chi connectivity index (χ2v) is 12.1. The van der Waals surface area contributed by atoms with Crippen molar-refractivity contribution in [3.05, 3.63) is 89.7 Å². The second-order valence-electron chi connectivity index (χ2n) is 12.1. The SMILES string of the molecule is Nc1cc(F)ccc1Oc1cc(Oc2ccc(F)cc2N)c(C2C3CC4CC(C3)CC2C4)c(Oc2ccc(F)cc2N)c1. The van der Waals surface area contributed by atoms with Crippen LogP contribution in [-0.4, -0.2) is 0 Å². The van der Waals surface area contributed by atoms with Crippen LogP contribution in [-0.2, 0) is 0 Å². The molecular formula is C34H32F3N3O3. The van der Waals surface area contributed by atoms with Crippen LogP contribution in [0.5, 0.6) is 34.5 Å². The summed E-state index contributed by atoms with van der Waals surface area (Å²) in [6.45, 7) is 0. The highest BCUT2D eigenvalue weighted by atomic mass is 19.1. The molecule has 0 saturated heterocycles. The Hall–Kier alpha value is -4.53. The van der Waals surface area contributed by atoms with Crippen LogP contribution in [0.25, 0.3) is 0 Å². The van der Waals surface area contributed by atoms with Gasteiger partial charge in [0.15, 0.2) is 17.2 Å². The minimum absolute atomic E-state index is 0.112. The Balaban J connectivity index is 1.40. The Morgan fingerprint density at radius 3 is 1.28 bits per heavy atom. The first-order chi connectivity index (χ1) is 20.7. The van der Waals surface area contributed by atoms with Crippen LogP contribution in [0.1, 0.15) is 43.6 Å². The molecule has 4 aliphatic rings. The lowest BCUT2D eigenvalue weighted by atomic mass is 9.50. The number of anilines is 3. The lowest BCUT2D eigenvalue weighted by molar-refractivity contribution is -0.00396. The standard InChI is InChI=1S/C34H32F3N3O3/c35-21-1-4-28(25(38)12-21)41-24-15-31(42-29-5-2-22(36)13-26(29)39)34(32(16-24)43-30-6-3-23(37)14-27(30)40)33-19-8-17-7-18(10-19)11-20(33)9-17/h1-6,12-20,33H,7-11,38-40H2. The number of ether oxygens (including phenoxy) is 3. The first-order valence-corrected chi connectivity index (χ1v) is 14.6. The van der Waals surface area contributed by atoms with Crippen LogP contribution in [0.2, 0.25) is 0 Å². The molecule has 9 heteroatoms. The third-order valence-electron chi connectivity index (χ3n) is 9.22. The average molecular weight is 588 g/mol. The first-order valence-electron chi connectivity index (χ1n) is 14.6. The highest BCUT2D eigenvalue weighted by Crippen LogP contribution is 2.63. The summed E-state index contributed by atoms with van der Waals surface area (Å²) in [4.78, 5) is 0. The van der Waals surface area contributed by atoms with Crippen LogP contribution >= 0.6 is 0 Å². The Morgan fingerprint density at radius 2 is 0.884 bits per heavy atom. The van der Waals surface area contributed by atoms with E-state index in [0.717, 1.165) is 43.1 Å². The Labute approximate surface area is 247 Å². The van der Waals surface area contributed by atoms with E-state index in [-0.39, 0.29) is 40.2 Å². The van der Waals surface area contributed by atoms with Crippen molar-refractivity contribution in [3.8, 4) is 34.5 Å². The molecule has 4 bridgehead atoms. The molecule has 6 N–H and O–H groups in total. The number of benzene rings is 4. The minimum Gasteiger partial charge on any atom is -0.455 e. The third kappa shape index (κ3) is 5.28. The second kappa shape index (κ2) is 10.6. The van der Waals surface area contributed by atoms with E-state index in [1.165, 1.54) is 61.0 Å². The Morgan fingerprint density at radius 1 is 0.488 bits per heavy atom. The molecule has 8 rings (SSSR count). The summed E-state index contributed by atoms with van der Waals surface area (Å²) in [6.07, 6.45) is 5.78. The van der Waals surface area contributed by atoms with Crippen LogP contribution < -0.4 is 31.4 Å². The zero-order valence-corrected chi connectivity index (χ0v) is 23.4. The molecule has 0 heterocycles. The zero-order valence-electron chi connectivity index (χ0n) is 23.4. The van der Waals surface area contributed by atoms with E-state index in [2.05, 4.69) is 0 Å². The molecule has 0 atom stereocenters. The summed E-state index contributed by atoms with van der Waals surface area (Å²) in [5.41, 5.74) is 19.6. The van der Waals surface area contributed by atoms with Gasteiger partial charge in [0.25, 0.3) is 0 Å². The van der Waals surface area contributed by atoms with Gasteiger partial charge in [-0.3, -0.25) is 0 Å². The normalized spacial score (nSPS) is 23.7. The van der Waals surface area contributed by atoms with Gasteiger partial charge in [0.1, 0.15) is 34.7 Å². The summed E-state index contributed by atoms with van der Waals surface area (Å²) in [6, 6.07) is 15.3. The van der Waals surface area contributed by atoms with Gasteiger partial charge < -0.3 is 31.4 Å². The van der Waals surface area contributed by atoms with Gasteiger partial charge in [-0.15, -0.1) is 0 Å². The highest BCUT2D eigenvalue weighted by molar-refractivity contribution is 5.62. The maximum atomic E-state index is 13.9. The Kier molecular flexibility index (Phi) is 6.75. The van der Waals surface area contributed by atoms with E-state index in [0.29, 0.717) is 29.1 Å². The third-order valence-corrected chi connectivity index (χ3v) is 9.22. The van der Waals surface area contributed by atoms with E-state index in [1.54, 1.807) is 12.1 Å². The number of nitrogens with two attached hydrogens (primary N) is 3. The van der Waals surface area contributed by atoms with Crippen LogP contribution in [0.4, 0.5) is 30.2 Å². The quantitative estimate of drug-likeness (QED) is 0.187. The van der Waals surface area contributed by atoms with Gasteiger partial charge in [-0.1, -0.05) is 0 Å². The van der Waals surface area contributed by atoms with Crippen molar-refractivity contribution in [2.75, 3.05) is 17.2 Å². The topological polar surface area (TPSA) is 106 Å². The van der Waals surface area contributed by atoms with Crippen molar-refractivity contribution in [1.82, 2.24) is 0 Å². The molecule has 0 aromatic heterocycles. The maximum Gasteiger partial charge on any atom is 0.150 e. The number of nitrogen functional groups attached to an aromatic ring is 3. The van der Waals surface area contributed by atoms with Crippen LogP contribution in [0.3, 0.4) is 0 Å². The lowest BCUT2D eigenvalue weighted by Crippen LogP contribution is -2.43. The van der Waals surface area contributed by atoms with Crippen molar-refractivity contribution in [2.24, 2.45) is 23.7 Å². The number of hydrogen-bond acceptors (Lipinski definition) is 6. The van der Waals surface area contributed by atoms with Gasteiger partial charge in [-0.2, -0.15) is 0 Å². The molecule has 4 saturated carbocycles. The summed E-state index contributed by atoms with van der Waals surface area (Å²) >= 11 is 0. The summed E-state index contributed by atoms with van der Waals surface area (Å²) < 4.78 is 60.8. The molecule has 4 fully saturated rings. The molecule has 0 spiro atoms. The van der Waals surface area contributed by atoms with Gasteiger partial charge in [-0.25, -0.2) is 13.2 Å².